The zero-order valence-corrected chi connectivity index (χ0v) is 9.13. The molecule has 1 N–H and O–H groups in total. The second-order valence-electron chi connectivity index (χ2n) is 2.49. The number of halogens is 1. The molecule has 1 aliphatic heterocycles. The van der Waals surface area contributed by atoms with Crippen molar-refractivity contribution in [1.82, 2.24) is 5.32 Å². The van der Waals surface area contributed by atoms with Gasteiger partial charge >= 0.3 is 0 Å². The molecule has 72 valence electrons. The maximum Gasteiger partial charge on any atom is 0.290 e. The van der Waals surface area contributed by atoms with Crippen molar-refractivity contribution < 1.29 is 9.59 Å². The quantitative estimate of drug-likeness (QED) is 0.774. The molecule has 0 aliphatic carbocycles. The number of carbonyl (C=O) groups excluding carboxylic acids is 2. The van der Waals surface area contributed by atoms with Gasteiger partial charge in [0.2, 0.25) is 0 Å². The van der Waals surface area contributed by atoms with Crippen LogP contribution in [0.5, 0.6) is 0 Å². The fourth-order valence-electron chi connectivity index (χ4n) is 0.956. The van der Waals surface area contributed by atoms with Gasteiger partial charge in [-0.15, -0.1) is 11.3 Å². The lowest BCUT2D eigenvalue weighted by Crippen LogP contribution is -2.17. The normalized spacial score (nSPS) is 19.1. The summed E-state index contributed by atoms with van der Waals surface area (Å²) in [7, 11) is 0. The standard InChI is InChI=1S/C8H4ClNO2S2/c9-6-2-1-4(13-6)3-5-7(11)10-8(12)14-5/h1-3H,(H,10,11,12)/b5-3+. The molecule has 0 spiro atoms. The Bertz CT molecular complexity index is 438. The molecule has 3 nitrogen and oxygen atoms in total. The van der Waals surface area contributed by atoms with Crippen molar-refractivity contribution in [2.75, 3.05) is 0 Å². The first kappa shape index (κ1) is 9.76. The lowest BCUT2D eigenvalue weighted by atomic mass is 10.4. The Labute approximate surface area is 93.1 Å². The second-order valence-corrected chi connectivity index (χ2v) is 5.26. The van der Waals surface area contributed by atoms with E-state index in [4.69, 9.17) is 11.6 Å². The number of nitrogens with one attached hydrogen (secondary N) is 1. The third-order valence-electron chi connectivity index (χ3n) is 1.51. The smallest absolute Gasteiger partial charge is 0.282 e. The molecule has 14 heavy (non-hydrogen) atoms. The molecule has 0 bridgehead atoms. The van der Waals surface area contributed by atoms with Gasteiger partial charge in [0.25, 0.3) is 11.1 Å². The number of carbonyl (C=O) groups is 2. The molecule has 1 aliphatic rings. The summed E-state index contributed by atoms with van der Waals surface area (Å²) in [6, 6.07) is 3.55. The fraction of sp³-hybridized carbons (Fsp3) is 0. The van der Waals surface area contributed by atoms with Crippen LogP contribution in [0.1, 0.15) is 4.88 Å². The molecule has 1 saturated heterocycles. The third-order valence-corrected chi connectivity index (χ3v) is 3.50. The molecule has 1 aromatic rings. The van der Waals surface area contributed by atoms with Crippen LogP contribution in [0.2, 0.25) is 4.34 Å². The minimum absolute atomic E-state index is 0.330. The summed E-state index contributed by atoms with van der Waals surface area (Å²) in [6.07, 6.45) is 1.65. The summed E-state index contributed by atoms with van der Waals surface area (Å²) < 4.78 is 0.659. The van der Waals surface area contributed by atoms with Crippen LogP contribution >= 0.6 is 34.7 Å². The molecule has 6 heteroatoms. The van der Waals surface area contributed by atoms with Crippen LogP contribution in [0.25, 0.3) is 6.08 Å². The monoisotopic (exact) mass is 245 g/mol. The molecular formula is C8H4ClNO2S2. The molecule has 0 radical (unpaired) electrons. The molecule has 1 aromatic heterocycles. The van der Waals surface area contributed by atoms with Crippen LogP contribution in [-0.2, 0) is 4.79 Å². The van der Waals surface area contributed by atoms with E-state index in [1.807, 2.05) is 0 Å². The van der Waals surface area contributed by atoms with E-state index in [1.54, 1.807) is 18.2 Å². The Morgan fingerprint density at radius 1 is 1.36 bits per heavy atom. The zero-order valence-electron chi connectivity index (χ0n) is 6.74. The average molecular weight is 246 g/mol. The van der Waals surface area contributed by atoms with E-state index >= 15 is 0 Å². The number of thiophene rings is 1. The Kier molecular flexibility index (Phi) is 2.62. The van der Waals surface area contributed by atoms with Crippen molar-refractivity contribution in [2.45, 2.75) is 0 Å². The van der Waals surface area contributed by atoms with Gasteiger partial charge in [-0.25, -0.2) is 0 Å². The summed E-state index contributed by atoms with van der Waals surface area (Å²) in [4.78, 5) is 23.2. The van der Waals surface area contributed by atoms with Crippen LogP contribution in [-0.4, -0.2) is 11.1 Å². The van der Waals surface area contributed by atoms with Gasteiger partial charge in [0.05, 0.1) is 9.24 Å². The van der Waals surface area contributed by atoms with Crippen molar-refractivity contribution in [2.24, 2.45) is 0 Å². The zero-order chi connectivity index (χ0) is 10.1. The van der Waals surface area contributed by atoms with Crippen molar-refractivity contribution >= 4 is 51.9 Å². The SMILES string of the molecule is O=C1NC(=O)/C(=C\c2ccc(Cl)s2)S1. The summed E-state index contributed by atoms with van der Waals surface area (Å²) in [5.41, 5.74) is 0. The van der Waals surface area contributed by atoms with E-state index in [0.29, 0.717) is 9.24 Å². The van der Waals surface area contributed by atoms with Gasteiger partial charge in [0, 0.05) is 4.88 Å². The van der Waals surface area contributed by atoms with E-state index in [2.05, 4.69) is 5.32 Å². The van der Waals surface area contributed by atoms with Gasteiger partial charge in [-0.05, 0) is 30.0 Å². The van der Waals surface area contributed by atoms with Crippen LogP contribution in [0.15, 0.2) is 17.0 Å². The van der Waals surface area contributed by atoms with Crippen LogP contribution in [0.3, 0.4) is 0 Å². The molecule has 0 aromatic carbocycles. The highest BCUT2D eigenvalue weighted by Crippen LogP contribution is 2.29. The van der Waals surface area contributed by atoms with E-state index in [0.717, 1.165) is 16.6 Å². The molecule has 2 heterocycles. The van der Waals surface area contributed by atoms with Crippen molar-refractivity contribution in [3.8, 4) is 0 Å². The summed E-state index contributed by atoms with van der Waals surface area (Å²) in [5.74, 6) is -0.343. The topological polar surface area (TPSA) is 46.2 Å². The van der Waals surface area contributed by atoms with E-state index in [-0.39, 0.29) is 11.1 Å². The predicted molar refractivity (Wildman–Crippen MR) is 58.4 cm³/mol. The van der Waals surface area contributed by atoms with Gasteiger partial charge in [0.1, 0.15) is 0 Å². The first-order chi connectivity index (χ1) is 6.65. The van der Waals surface area contributed by atoms with Crippen molar-refractivity contribution in [1.29, 1.82) is 0 Å². The fourth-order valence-corrected chi connectivity index (χ4v) is 2.71. The summed E-state index contributed by atoms with van der Waals surface area (Å²) >= 11 is 7.99. The Morgan fingerprint density at radius 3 is 2.64 bits per heavy atom. The lowest BCUT2D eigenvalue weighted by Gasteiger charge is -1.87. The highest BCUT2D eigenvalue weighted by atomic mass is 35.5. The second kappa shape index (κ2) is 3.76. The van der Waals surface area contributed by atoms with Crippen LogP contribution in [0, 0.1) is 0 Å². The van der Waals surface area contributed by atoms with Crippen LogP contribution in [0.4, 0.5) is 4.79 Å². The Morgan fingerprint density at radius 2 is 2.14 bits per heavy atom. The van der Waals surface area contributed by atoms with Gasteiger partial charge < -0.3 is 0 Å². The molecule has 0 unspecified atom stereocenters. The Hall–Kier alpha value is -0.780. The number of rotatable bonds is 1. The summed E-state index contributed by atoms with van der Waals surface area (Å²) in [6.45, 7) is 0. The lowest BCUT2D eigenvalue weighted by molar-refractivity contribution is -0.115. The molecular weight excluding hydrogens is 242 g/mol. The van der Waals surface area contributed by atoms with Crippen molar-refractivity contribution in [3.05, 3.63) is 26.3 Å². The van der Waals surface area contributed by atoms with Gasteiger partial charge in [0.15, 0.2) is 0 Å². The molecule has 1 fully saturated rings. The highest BCUT2D eigenvalue weighted by Gasteiger charge is 2.24. The first-order valence-electron chi connectivity index (χ1n) is 3.65. The van der Waals surface area contributed by atoms with Gasteiger partial charge in [-0.2, -0.15) is 0 Å². The minimum Gasteiger partial charge on any atom is -0.282 e. The first-order valence-corrected chi connectivity index (χ1v) is 5.66. The molecule has 0 atom stereocenters. The maximum atomic E-state index is 11.1. The summed E-state index contributed by atoms with van der Waals surface area (Å²) in [5, 5.41) is 1.85. The number of hydrogen-bond acceptors (Lipinski definition) is 4. The van der Waals surface area contributed by atoms with Crippen LogP contribution < -0.4 is 5.32 Å². The molecule has 0 saturated carbocycles. The average Bonchev–Trinajstić information content (AvgIpc) is 2.61. The number of hydrogen-bond donors (Lipinski definition) is 1. The molecule has 2 rings (SSSR count). The highest BCUT2D eigenvalue weighted by molar-refractivity contribution is 8.18. The molecule has 2 amide bonds. The Balaban J connectivity index is 2.27. The van der Waals surface area contributed by atoms with E-state index in [9.17, 15) is 9.59 Å². The third kappa shape index (κ3) is 2.00. The van der Waals surface area contributed by atoms with E-state index in [1.165, 1.54) is 11.3 Å². The number of thioether (sulfide) groups is 1. The predicted octanol–water partition coefficient (Wildman–Crippen LogP) is 2.73. The minimum atomic E-state index is -0.343. The van der Waals surface area contributed by atoms with Gasteiger partial charge in [-0.1, -0.05) is 11.6 Å². The van der Waals surface area contributed by atoms with Gasteiger partial charge in [-0.3, -0.25) is 14.9 Å². The maximum absolute atomic E-state index is 11.1. The largest absolute Gasteiger partial charge is 0.290 e. The van der Waals surface area contributed by atoms with E-state index < -0.39 is 0 Å². The number of amides is 2. The van der Waals surface area contributed by atoms with Crippen molar-refractivity contribution in [3.63, 3.8) is 0 Å². The number of imide groups is 1.